The van der Waals surface area contributed by atoms with E-state index in [0.29, 0.717) is 19.7 Å². The second-order valence-corrected chi connectivity index (χ2v) is 7.15. The Bertz CT molecular complexity index is 792. The molecule has 156 valence electrons. The van der Waals surface area contributed by atoms with Gasteiger partial charge >= 0.3 is 0 Å². The summed E-state index contributed by atoms with van der Waals surface area (Å²) in [5.41, 5.74) is 1.08. The second kappa shape index (κ2) is 10.1. The number of carbonyl (C=O) groups excluding carboxylic acids is 1. The van der Waals surface area contributed by atoms with Crippen LogP contribution < -0.4 is 14.4 Å². The van der Waals surface area contributed by atoms with Crippen molar-refractivity contribution in [2.24, 2.45) is 0 Å². The van der Waals surface area contributed by atoms with Crippen molar-refractivity contribution in [3.05, 3.63) is 48.2 Å². The van der Waals surface area contributed by atoms with Crippen LogP contribution in [0.1, 0.15) is 12.5 Å². The monoisotopic (exact) mass is 398 g/mol. The zero-order chi connectivity index (χ0) is 20.6. The maximum atomic E-state index is 12.7. The number of nitrogens with zero attached hydrogens (tertiary/aromatic N) is 4. The molecule has 2 aromatic rings. The van der Waals surface area contributed by atoms with Gasteiger partial charge in [-0.1, -0.05) is 12.1 Å². The number of ether oxygens (including phenoxy) is 2. The van der Waals surface area contributed by atoms with Crippen LogP contribution in [0.4, 0.5) is 5.82 Å². The molecule has 0 bridgehead atoms. The van der Waals surface area contributed by atoms with Crippen LogP contribution in [0.2, 0.25) is 0 Å². The molecular weight excluding hydrogens is 368 g/mol. The number of piperazine rings is 1. The number of anilines is 1. The molecule has 1 aromatic heterocycles. The fourth-order valence-corrected chi connectivity index (χ4v) is 3.51. The number of carbonyl (C=O) groups is 1. The van der Waals surface area contributed by atoms with E-state index < -0.39 is 0 Å². The molecule has 7 nitrogen and oxygen atoms in total. The van der Waals surface area contributed by atoms with Gasteiger partial charge in [-0.3, -0.25) is 9.69 Å². The SMILES string of the molecule is CCOc1ccc(CN(C)CC(=O)N2CCN(c3ccccn3)CC2)cc1OC. The van der Waals surface area contributed by atoms with Gasteiger partial charge in [0.05, 0.1) is 20.3 Å². The van der Waals surface area contributed by atoms with E-state index in [1.807, 2.05) is 60.2 Å². The largest absolute Gasteiger partial charge is 0.493 e. The summed E-state index contributed by atoms with van der Waals surface area (Å²) in [4.78, 5) is 23.3. The average molecular weight is 399 g/mol. The molecule has 7 heteroatoms. The predicted molar refractivity (Wildman–Crippen MR) is 114 cm³/mol. The van der Waals surface area contributed by atoms with Crippen LogP contribution in [-0.2, 0) is 11.3 Å². The van der Waals surface area contributed by atoms with Crippen molar-refractivity contribution in [3.8, 4) is 11.5 Å². The number of aromatic nitrogens is 1. The molecule has 1 aromatic carbocycles. The van der Waals surface area contributed by atoms with Crippen molar-refractivity contribution in [2.75, 3.05) is 58.4 Å². The van der Waals surface area contributed by atoms with Gasteiger partial charge in [-0.25, -0.2) is 4.98 Å². The van der Waals surface area contributed by atoms with E-state index in [-0.39, 0.29) is 5.91 Å². The van der Waals surface area contributed by atoms with Crippen molar-refractivity contribution in [3.63, 3.8) is 0 Å². The Morgan fingerprint density at radius 1 is 1.14 bits per heavy atom. The second-order valence-electron chi connectivity index (χ2n) is 7.15. The van der Waals surface area contributed by atoms with Gasteiger partial charge in [0.2, 0.25) is 5.91 Å². The number of methoxy groups -OCH3 is 1. The van der Waals surface area contributed by atoms with E-state index in [0.717, 1.165) is 49.1 Å². The standard InChI is InChI=1S/C22H30N4O3/c1-4-29-19-9-8-18(15-20(19)28-3)16-24(2)17-22(27)26-13-11-25(12-14-26)21-7-5-6-10-23-21/h5-10,15H,4,11-14,16-17H2,1-3H3. The Labute approximate surface area is 172 Å². The van der Waals surface area contributed by atoms with Gasteiger partial charge in [-0.15, -0.1) is 0 Å². The molecule has 1 saturated heterocycles. The van der Waals surface area contributed by atoms with Gasteiger partial charge in [-0.05, 0) is 43.8 Å². The van der Waals surface area contributed by atoms with Gasteiger partial charge < -0.3 is 19.3 Å². The highest BCUT2D eigenvalue weighted by Crippen LogP contribution is 2.28. The van der Waals surface area contributed by atoms with Gasteiger partial charge in [0, 0.05) is 38.9 Å². The van der Waals surface area contributed by atoms with Crippen LogP contribution in [-0.4, -0.2) is 74.2 Å². The van der Waals surface area contributed by atoms with Gasteiger partial charge in [0.1, 0.15) is 5.82 Å². The number of hydrogen-bond acceptors (Lipinski definition) is 6. The molecule has 1 aliphatic heterocycles. The first-order chi connectivity index (χ1) is 14.1. The van der Waals surface area contributed by atoms with Gasteiger partial charge in [-0.2, -0.15) is 0 Å². The fourth-order valence-electron chi connectivity index (χ4n) is 3.51. The van der Waals surface area contributed by atoms with E-state index in [9.17, 15) is 4.79 Å². The summed E-state index contributed by atoms with van der Waals surface area (Å²) in [5.74, 6) is 2.59. The Morgan fingerprint density at radius 3 is 2.59 bits per heavy atom. The third-order valence-electron chi connectivity index (χ3n) is 4.99. The first-order valence-electron chi connectivity index (χ1n) is 10.0. The van der Waals surface area contributed by atoms with Crippen LogP contribution in [0.5, 0.6) is 11.5 Å². The maximum Gasteiger partial charge on any atom is 0.236 e. The van der Waals surface area contributed by atoms with Crippen molar-refractivity contribution < 1.29 is 14.3 Å². The first-order valence-corrected chi connectivity index (χ1v) is 10.0. The predicted octanol–water partition coefficient (Wildman–Crippen LogP) is 2.27. The zero-order valence-electron chi connectivity index (χ0n) is 17.5. The number of rotatable bonds is 8. The minimum Gasteiger partial charge on any atom is -0.493 e. The molecule has 29 heavy (non-hydrogen) atoms. The summed E-state index contributed by atoms with van der Waals surface area (Å²) < 4.78 is 11.0. The molecule has 0 saturated carbocycles. The molecule has 2 heterocycles. The summed E-state index contributed by atoms with van der Waals surface area (Å²) >= 11 is 0. The molecule has 0 radical (unpaired) electrons. The highest BCUT2D eigenvalue weighted by Gasteiger charge is 2.22. The molecule has 0 unspecified atom stereocenters. The Hall–Kier alpha value is -2.80. The third-order valence-corrected chi connectivity index (χ3v) is 4.99. The average Bonchev–Trinajstić information content (AvgIpc) is 2.75. The molecule has 0 atom stereocenters. The number of amides is 1. The van der Waals surface area contributed by atoms with Crippen LogP contribution in [0.3, 0.4) is 0 Å². The van der Waals surface area contributed by atoms with Gasteiger partial charge in [0.25, 0.3) is 0 Å². The smallest absolute Gasteiger partial charge is 0.236 e. The number of benzene rings is 1. The number of likely N-dealkylation sites (N-methyl/N-ethyl adjacent to an activating group) is 1. The van der Waals surface area contributed by atoms with E-state index in [4.69, 9.17) is 9.47 Å². The lowest BCUT2D eigenvalue weighted by atomic mass is 10.2. The molecular formula is C22H30N4O3. The van der Waals surface area contributed by atoms with E-state index in [1.54, 1.807) is 13.3 Å². The zero-order valence-corrected chi connectivity index (χ0v) is 17.5. The summed E-state index contributed by atoms with van der Waals surface area (Å²) in [6.07, 6.45) is 1.80. The minimum absolute atomic E-state index is 0.158. The Kier molecular flexibility index (Phi) is 7.30. The van der Waals surface area contributed by atoms with Gasteiger partial charge in [0.15, 0.2) is 11.5 Å². The number of pyridine rings is 1. The van der Waals surface area contributed by atoms with E-state index in [2.05, 4.69) is 9.88 Å². The quantitative estimate of drug-likeness (QED) is 0.680. The summed E-state index contributed by atoms with van der Waals surface area (Å²) in [6, 6.07) is 11.8. The highest BCUT2D eigenvalue weighted by molar-refractivity contribution is 5.78. The van der Waals surface area contributed by atoms with Crippen LogP contribution in [0, 0.1) is 0 Å². The van der Waals surface area contributed by atoms with Crippen LogP contribution in [0.15, 0.2) is 42.6 Å². The number of hydrogen-bond donors (Lipinski definition) is 0. The highest BCUT2D eigenvalue weighted by atomic mass is 16.5. The van der Waals surface area contributed by atoms with Crippen LogP contribution >= 0.6 is 0 Å². The lowest BCUT2D eigenvalue weighted by Gasteiger charge is -2.36. The topological polar surface area (TPSA) is 58.1 Å². The summed E-state index contributed by atoms with van der Waals surface area (Å²) in [5, 5.41) is 0. The minimum atomic E-state index is 0.158. The lowest BCUT2D eigenvalue weighted by Crippen LogP contribution is -2.51. The van der Waals surface area contributed by atoms with E-state index >= 15 is 0 Å². The molecule has 0 spiro atoms. The fraction of sp³-hybridized carbons (Fsp3) is 0.455. The third kappa shape index (κ3) is 5.60. The Morgan fingerprint density at radius 2 is 1.93 bits per heavy atom. The Balaban J connectivity index is 1.49. The maximum absolute atomic E-state index is 12.7. The van der Waals surface area contributed by atoms with Crippen molar-refractivity contribution in [2.45, 2.75) is 13.5 Å². The van der Waals surface area contributed by atoms with Crippen molar-refractivity contribution >= 4 is 11.7 Å². The van der Waals surface area contributed by atoms with E-state index in [1.165, 1.54) is 0 Å². The summed E-state index contributed by atoms with van der Waals surface area (Å²) in [7, 11) is 3.60. The molecule has 3 rings (SSSR count). The molecule has 1 fully saturated rings. The normalized spacial score (nSPS) is 14.2. The lowest BCUT2D eigenvalue weighted by molar-refractivity contribution is -0.132. The van der Waals surface area contributed by atoms with Crippen LogP contribution in [0.25, 0.3) is 0 Å². The summed E-state index contributed by atoms with van der Waals surface area (Å²) in [6.45, 7) is 6.66. The molecule has 1 amide bonds. The molecule has 0 N–H and O–H groups in total. The van der Waals surface area contributed by atoms with Crippen molar-refractivity contribution in [1.29, 1.82) is 0 Å². The molecule has 0 aliphatic carbocycles. The first kappa shape index (κ1) is 20.9. The van der Waals surface area contributed by atoms with Crippen molar-refractivity contribution in [1.82, 2.24) is 14.8 Å². The molecule has 1 aliphatic rings.